The van der Waals surface area contributed by atoms with Crippen LogP contribution >= 0.6 is 0 Å². The van der Waals surface area contributed by atoms with E-state index in [2.05, 4.69) is 38.2 Å². The van der Waals surface area contributed by atoms with E-state index in [1.165, 1.54) is 64.2 Å². The second-order valence-electron chi connectivity index (χ2n) is 5.08. The Balaban J connectivity index is 3.13. The summed E-state index contributed by atoms with van der Waals surface area (Å²) in [6, 6.07) is 0. The van der Waals surface area contributed by atoms with Crippen molar-refractivity contribution < 1.29 is 0 Å². The van der Waals surface area contributed by atoms with E-state index < -0.39 is 0 Å². The Morgan fingerprint density at radius 3 is 1.83 bits per heavy atom. The lowest BCUT2D eigenvalue weighted by Gasteiger charge is -1.97. The van der Waals surface area contributed by atoms with Crippen LogP contribution in [0.3, 0.4) is 0 Å². The summed E-state index contributed by atoms with van der Waals surface area (Å²) in [5.41, 5.74) is 0. The highest BCUT2D eigenvalue weighted by molar-refractivity contribution is 4.92. The van der Waals surface area contributed by atoms with Gasteiger partial charge in [-0.25, -0.2) is 0 Å². The number of hydrogen-bond acceptors (Lipinski definition) is 0. The van der Waals surface area contributed by atoms with Crippen LogP contribution in [0.5, 0.6) is 0 Å². The first kappa shape index (κ1) is 17.5. The van der Waals surface area contributed by atoms with Crippen molar-refractivity contribution in [2.75, 3.05) is 0 Å². The van der Waals surface area contributed by atoms with Gasteiger partial charge in [-0.2, -0.15) is 0 Å². The van der Waals surface area contributed by atoms with Crippen LogP contribution in [-0.2, 0) is 0 Å². The molecule has 0 aliphatic rings. The van der Waals surface area contributed by atoms with Crippen LogP contribution in [0.2, 0.25) is 0 Å². The lowest BCUT2D eigenvalue weighted by molar-refractivity contribution is 0.621. The quantitative estimate of drug-likeness (QED) is 0.254. The Bertz CT molecular complexity index is 188. The highest BCUT2D eigenvalue weighted by atomic mass is 13.9. The van der Waals surface area contributed by atoms with Crippen molar-refractivity contribution in [2.45, 2.75) is 84.0 Å². The topological polar surface area (TPSA) is 0 Å². The van der Waals surface area contributed by atoms with Gasteiger partial charge in [-0.1, -0.05) is 83.1 Å². The van der Waals surface area contributed by atoms with Crippen LogP contribution in [-0.4, -0.2) is 0 Å². The smallest absolute Gasteiger partial charge is 0.0169 e. The molecule has 0 saturated carbocycles. The minimum Gasteiger partial charge on any atom is -0.0882 e. The largest absolute Gasteiger partial charge is 0.0882 e. The summed E-state index contributed by atoms with van der Waals surface area (Å²) in [7, 11) is 0. The van der Waals surface area contributed by atoms with E-state index in [0.29, 0.717) is 0 Å². The van der Waals surface area contributed by atoms with Crippen molar-refractivity contribution >= 4 is 0 Å². The van der Waals surface area contributed by atoms with E-state index in [9.17, 15) is 0 Å². The Morgan fingerprint density at radius 2 is 1.22 bits per heavy atom. The number of unbranched alkanes of at least 4 members (excludes halogenated alkanes) is 9. The molecule has 18 heavy (non-hydrogen) atoms. The maximum atomic E-state index is 3.87. The number of hydrogen-bond donors (Lipinski definition) is 0. The predicted molar refractivity (Wildman–Crippen MR) is 84.7 cm³/mol. The van der Waals surface area contributed by atoms with Crippen molar-refractivity contribution in [3.63, 3.8) is 0 Å². The molecule has 0 bridgehead atoms. The van der Waals surface area contributed by atoms with Gasteiger partial charge in [0.1, 0.15) is 0 Å². The molecule has 105 valence electrons. The minimum absolute atomic E-state index is 1.10. The van der Waals surface area contributed by atoms with Crippen LogP contribution in [0.25, 0.3) is 0 Å². The zero-order chi connectivity index (χ0) is 13.3. The average Bonchev–Trinajstić information content (AvgIpc) is 2.39. The summed E-state index contributed by atoms with van der Waals surface area (Å²) in [6.45, 7) is 6.12. The molecule has 0 N–H and O–H groups in total. The first-order valence-corrected chi connectivity index (χ1v) is 8.01. The van der Waals surface area contributed by atoms with Crippen molar-refractivity contribution in [1.29, 1.82) is 0 Å². The van der Waals surface area contributed by atoms with Crippen LogP contribution in [0.1, 0.15) is 84.0 Å². The van der Waals surface area contributed by atoms with Crippen molar-refractivity contribution in [1.82, 2.24) is 0 Å². The maximum absolute atomic E-state index is 3.87. The molecule has 0 aromatic carbocycles. The molecule has 0 heteroatoms. The second-order valence-corrected chi connectivity index (χ2v) is 5.08. The molecule has 0 spiro atoms. The molecule has 0 amide bonds. The van der Waals surface area contributed by atoms with Crippen LogP contribution < -0.4 is 0 Å². The van der Waals surface area contributed by atoms with Gasteiger partial charge < -0.3 is 0 Å². The standard InChI is InChI=1S/C18H33/c1-3-5-7-9-11-13-15-17-18-16-14-12-10-8-6-4-2/h12,14,17-18H,1,3-11,13,15-16H2,2H3/b14-12+,18-17+. The Kier molecular flexibility index (Phi) is 16.0. The summed E-state index contributed by atoms with van der Waals surface area (Å²) >= 11 is 0. The zero-order valence-electron chi connectivity index (χ0n) is 12.5. The molecule has 0 rings (SSSR count). The van der Waals surface area contributed by atoms with Gasteiger partial charge in [-0.3, -0.25) is 0 Å². The molecular weight excluding hydrogens is 216 g/mol. The minimum atomic E-state index is 1.10. The number of allylic oxidation sites excluding steroid dienone is 4. The van der Waals surface area contributed by atoms with E-state index in [-0.39, 0.29) is 0 Å². The molecule has 0 aromatic rings. The van der Waals surface area contributed by atoms with E-state index in [1.54, 1.807) is 0 Å². The van der Waals surface area contributed by atoms with Gasteiger partial charge in [-0.15, -0.1) is 0 Å². The van der Waals surface area contributed by atoms with Gasteiger partial charge in [0.25, 0.3) is 0 Å². The van der Waals surface area contributed by atoms with Gasteiger partial charge in [0, 0.05) is 0 Å². The van der Waals surface area contributed by atoms with Gasteiger partial charge >= 0.3 is 0 Å². The molecule has 0 heterocycles. The summed E-state index contributed by atoms with van der Waals surface area (Å²) in [5, 5.41) is 0. The summed E-state index contributed by atoms with van der Waals surface area (Å²) in [6.07, 6.45) is 24.9. The molecular formula is C18H33. The van der Waals surface area contributed by atoms with Gasteiger partial charge in [-0.05, 0) is 32.1 Å². The lowest BCUT2D eigenvalue weighted by Crippen LogP contribution is -1.77. The van der Waals surface area contributed by atoms with E-state index >= 15 is 0 Å². The van der Waals surface area contributed by atoms with Crippen molar-refractivity contribution in [3.05, 3.63) is 31.2 Å². The highest BCUT2D eigenvalue weighted by Crippen LogP contribution is 2.07. The fraction of sp³-hybridized carbons (Fsp3) is 0.722. The van der Waals surface area contributed by atoms with Crippen LogP contribution in [0.15, 0.2) is 24.3 Å². The SMILES string of the molecule is [CH2]CCCCCCC/C=C/C/C=C/CCCCC. The van der Waals surface area contributed by atoms with E-state index in [4.69, 9.17) is 0 Å². The zero-order valence-corrected chi connectivity index (χ0v) is 12.5. The first-order chi connectivity index (χ1) is 8.91. The number of rotatable bonds is 13. The van der Waals surface area contributed by atoms with Gasteiger partial charge in [0.15, 0.2) is 0 Å². The van der Waals surface area contributed by atoms with Crippen LogP contribution in [0, 0.1) is 6.92 Å². The van der Waals surface area contributed by atoms with Gasteiger partial charge in [0.05, 0.1) is 0 Å². The molecule has 0 fully saturated rings. The molecule has 0 aliphatic heterocycles. The third kappa shape index (κ3) is 15.5. The first-order valence-electron chi connectivity index (χ1n) is 8.01. The third-order valence-corrected chi connectivity index (χ3v) is 3.20. The maximum Gasteiger partial charge on any atom is -0.0169 e. The summed E-state index contributed by atoms with van der Waals surface area (Å²) < 4.78 is 0. The second kappa shape index (κ2) is 16.5. The lowest BCUT2D eigenvalue weighted by atomic mass is 10.1. The van der Waals surface area contributed by atoms with Crippen LogP contribution in [0.4, 0.5) is 0 Å². The molecule has 1 radical (unpaired) electrons. The third-order valence-electron chi connectivity index (χ3n) is 3.20. The average molecular weight is 249 g/mol. The fourth-order valence-corrected chi connectivity index (χ4v) is 1.99. The molecule has 0 atom stereocenters. The van der Waals surface area contributed by atoms with Gasteiger partial charge in [0.2, 0.25) is 0 Å². The normalized spacial score (nSPS) is 11.9. The summed E-state index contributed by atoms with van der Waals surface area (Å²) in [4.78, 5) is 0. The molecule has 0 aromatic heterocycles. The molecule has 0 unspecified atom stereocenters. The molecule has 0 nitrogen and oxygen atoms in total. The Hall–Kier alpha value is -0.520. The Morgan fingerprint density at radius 1 is 0.667 bits per heavy atom. The van der Waals surface area contributed by atoms with Crippen molar-refractivity contribution in [3.8, 4) is 0 Å². The monoisotopic (exact) mass is 249 g/mol. The fourth-order valence-electron chi connectivity index (χ4n) is 1.99. The Labute approximate surface area is 116 Å². The molecule has 0 saturated heterocycles. The van der Waals surface area contributed by atoms with Crippen molar-refractivity contribution in [2.24, 2.45) is 0 Å². The predicted octanol–water partition coefficient (Wildman–Crippen LogP) is 6.63. The summed E-state index contributed by atoms with van der Waals surface area (Å²) in [5.74, 6) is 0. The highest BCUT2D eigenvalue weighted by Gasteiger charge is 1.87. The molecule has 0 aliphatic carbocycles. The van der Waals surface area contributed by atoms with E-state index in [0.717, 1.165) is 12.8 Å². The van der Waals surface area contributed by atoms with E-state index in [1.807, 2.05) is 0 Å².